The van der Waals surface area contributed by atoms with Crippen LogP contribution in [-0.4, -0.2) is 66.7 Å². The van der Waals surface area contributed by atoms with Crippen LogP contribution in [0.2, 0.25) is 0 Å². The minimum absolute atomic E-state index is 0.000776. The van der Waals surface area contributed by atoms with E-state index in [2.05, 4.69) is 58.3 Å². The summed E-state index contributed by atoms with van der Waals surface area (Å²) in [7, 11) is 0. The van der Waals surface area contributed by atoms with Crippen LogP contribution < -0.4 is 0 Å². The lowest BCUT2D eigenvalue weighted by atomic mass is 9.88. The first-order valence-corrected chi connectivity index (χ1v) is 16.8. The third-order valence-corrected chi connectivity index (χ3v) is 9.43. The Morgan fingerprint density at radius 1 is 0.391 bits per heavy atom. The van der Waals surface area contributed by atoms with E-state index < -0.39 is 24.4 Å². The number of hydrogen-bond donors (Lipinski definition) is 4. The molecule has 46 heavy (non-hydrogen) atoms. The van der Waals surface area contributed by atoms with Gasteiger partial charge in [-0.2, -0.15) is 0 Å². The average molecular weight is 623 g/mol. The maximum absolute atomic E-state index is 10.5. The highest BCUT2D eigenvalue weighted by Gasteiger charge is 2.35. The Morgan fingerprint density at radius 2 is 0.652 bits per heavy atom. The molecule has 4 N–H and O–H groups in total. The number of hydrogen-bond acceptors (Lipinski definition) is 6. The highest BCUT2D eigenvalue weighted by molar-refractivity contribution is 5.19. The van der Waals surface area contributed by atoms with Crippen molar-refractivity contribution >= 4 is 0 Å². The summed E-state index contributed by atoms with van der Waals surface area (Å²) in [5.41, 5.74) is 4.93. The van der Waals surface area contributed by atoms with Gasteiger partial charge in [0.2, 0.25) is 0 Å². The van der Waals surface area contributed by atoms with E-state index in [-0.39, 0.29) is 12.1 Å². The fourth-order valence-corrected chi connectivity index (χ4v) is 6.92. The maximum Gasteiger partial charge on any atom is 0.0953 e. The second kappa shape index (κ2) is 17.5. The molecule has 0 spiro atoms. The molecule has 0 radical (unpaired) electrons. The third kappa shape index (κ3) is 9.82. The summed E-state index contributed by atoms with van der Waals surface area (Å²) < 4.78 is 0. The molecule has 0 heterocycles. The second-order valence-electron chi connectivity index (χ2n) is 12.9. The van der Waals surface area contributed by atoms with Crippen LogP contribution in [0.15, 0.2) is 121 Å². The van der Waals surface area contributed by atoms with Crippen molar-refractivity contribution in [2.45, 2.75) is 101 Å². The standard InChI is InChI=1S/2C20H25NO2/c2*22-19-13-7-12-18(20(19)23)21(14-16-8-3-1-4-9-16)15-17-10-5-2-6-11-17/h2*1-6,8-11,18-20,22-23H,7,12-15H2/t2*18-,19-,20+/m00/s1. The fourth-order valence-electron chi connectivity index (χ4n) is 6.92. The Kier molecular flexibility index (Phi) is 13.0. The highest BCUT2D eigenvalue weighted by atomic mass is 16.3. The van der Waals surface area contributed by atoms with Crippen molar-refractivity contribution in [3.8, 4) is 0 Å². The van der Waals surface area contributed by atoms with Crippen LogP contribution in [0.4, 0.5) is 0 Å². The van der Waals surface area contributed by atoms with Gasteiger partial charge in [-0.1, -0.05) is 121 Å². The summed E-state index contributed by atoms with van der Waals surface area (Å²) in [6.45, 7) is 3.13. The topological polar surface area (TPSA) is 87.4 Å². The van der Waals surface area contributed by atoms with E-state index in [1.54, 1.807) is 0 Å². The minimum Gasteiger partial charge on any atom is -0.390 e. The van der Waals surface area contributed by atoms with Crippen molar-refractivity contribution in [1.29, 1.82) is 0 Å². The van der Waals surface area contributed by atoms with Gasteiger partial charge in [0.15, 0.2) is 0 Å². The summed E-state index contributed by atoms with van der Waals surface area (Å²) in [5.74, 6) is 0. The Bertz CT molecular complexity index is 1200. The second-order valence-corrected chi connectivity index (χ2v) is 12.9. The molecular formula is C40H50N2O4. The van der Waals surface area contributed by atoms with Gasteiger partial charge in [-0.3, -0.25) is 9.80 Å². The van der Waals surface area contributed by atoms with Gasteiger partial charge < -0.3 is 20.4 Å². The Labute approximate surface area is 274 Å². The fraction of sp³-hybridized carbons (Fsp3) is 0.400. The first-order valence-electron chi connectivity index (χ1n) is 16.8. The molecule has 0 bridgehead atoms. The van der Waals surface area contributed by atoms with Gasteiger partial charge in [0.25, 0.3) is 0 Å². The summed E-state index contributed by atoms with van der Waals surface area (Å²) in [6, 6.07) is 41.3. The zero-order valence-electron chi connectivity index (χ0n) is 26.8. The SMILES string of the molecule is O[C@H]1[C@@H](O)CCC[C@@H]1N(Cc1ccccc1)Cc1ccccc1.O[C@H]1[C@@H](O)CCC[C@@H]1N(Cc1ccccc1)Cc1ccccc1. The van der Waals surface area contributed by atoms with E-state index in [4.69, 9.17) is 0 Å². The van der Waals surface area contributed by atoms with Crippen molar-refractivity contribution in [3.05, 3.63) is 144 Å². The Morgan fingerprint density at radius 3 is 0.913 bits per heavy atom. The first kappa shape index (κ1) is 34.0. The highest BCUT2D eigenvalue weighted by Crippen LogP contribution is 2.28. The lowest BCUT2D eigenvalue weighted by molar-refractivity contribution is -0.0689. The van der Waals surface area contributed by atoms with Crippen LogP contribution in [0, 0.1) is 0 Å². The molecule has 6 nitrogen and oxygen atoms in total. The molecular weight excluding hydrogens is 572 g/mol. The predicted octanol–water partition coefficient (Wildman–Crippen LogP) is 5.93. The van der Waals surface area contributed by atoms with Crippen molar-refractivity contribution < 1.29 is 20.4 Å². The van der Waals surface area contributed by atoms with E-state index >= 15 is 0 Å². The monoisotopic (exact) mass is 622 g/mol. The van der Waals surface area contributed by atoms with Crippen molar-refractivity contribution in [2.75, 3.05) is 0 Å². The van der Waals surface area contributed by atoms with Crippen molar-refractivity contribution in [1.82, 2.24) is 9.80 Å². The van der Waals surface area contributed by atoms with Gasteiger partial charge in [0.1, 0.15) is 0 Å². The Balaban J connectivity index is 0.000000181. The molecule has 0 saturated heterocycles. The minimum atomic E-state index is -0.670. The van der Waals surface area contributed by atoms with Gasteiger partial charge in [-0.05, 0) is 60.8 Å². The zero-order valence-corrected chi connectivity index (χ0v) is 26.8. The largest absolute Gasteiger partial charge is 0.390 e. The van der Waals surface area contributed by atoms with E-state index in [9.17, 15) is 20.4 Å². The molecule has 2 aliphatic carbocycles. The molecule has 2 aliphatic rings. The molecule has 0 aliphatic heterocycles. The smallest absolute Gasteiger partial charge is 0.0953 e. The maximum atomic E-state index is 10.5. The molecule has 6 atom stereocenters. The third-order valence-electron chi connectivity index (χ3n) is 9.43. The number of aliphatic hydroxyl groups excluding tert-OH is 4. The van der Waals surface area contributed by atoms with E-state index in [0.29, 0.717) is 12.8 Å². The van der Waals surface area contributed by atoms with Gasteiger partial charge in [-0.25, -0.2) is 0 Å². The van der Waals surface area contributed by atoms with Crippen LogP contribution in [0.3, 0.4) is 0 Å². The molecule has 0 aromatic heterocycles. The van der Waals surface area contributed by atoms with E-state index in [0.717, 1.165) is 51.9 Å². The summed E-state index contributed by atoms with van der Waals surface area (Å²) in [4.78, 5) is 4.61. The van der Waals surface area contributed by atoms with Gasteiger partial charge >= 0.3 is 0 Å². The molecule has 6 rings (SSSR count). The van der Waals surface area contributed by atoms with Crippen molar-refractivity contribution in [3.63, 3.8) is 0 Å². The molecule has 2 fully saturated rings. The zero-order chi connectivity index (χ0) is 32.1. The summed E-state index contributed by atoms with van der Waals surface area (Å²) in [6.07, 6.45) is 2.62. The molecule has 4 aromatic carbocycles. The molecule has 2 saturated carbocycles. The predicted molar refractivity (Wildman–Crippen MR) is 184 cm³/mol. The van der Waals surface area contributed by atoms with Crippen LogP contribution in [0.25, 0.3) is 0 Å². The van der Waals surface area contributed by atoms with E-state index in [1.165, 1.54) is 22.3 Å². The normalized spacial score (nSPS) is 24.7. The quantitative estimate of drug-likeness (QED) is 0.176. The summed E-state index contributed by atoms with van der Waals surface area (Å²) in [5, 5.41) is 41.0. The van der Waals surface area contributed by atoms with Crippen LogP contribution in [0.5, 0.6) is 0 Å². The van der Waals surface area contributed by atoms with Crippen LogP contribution in [0.1, 0.15) is 60.8 Å². The lowest BCUT2D eigenvalue weighted by Crippen LogP contribution is -2.50. The number of nitrogens with zero attached hydrogens (tertiary/aromatic N) is 2. The molecule has 244 valence electrons. The van der Waals surface area contributed by atoms with E-state index in [1.807, 2.05) is 72.8 Å². The van der Waals surface area contributed by atoms with Gasteiger partial charge in [0.05, 0.1) is 24.4 Å². The Hall–Kier alpha value is -3.36. The lowest BCUT2D eigenvalue weighted by Gasteiger charge is -2.40. The first-order chi connectivity index (χ1) is 22.5. The molecule has 0 unspecified atom stereocenters. The average Bonchev–Trinajstić information content (AvgIpc) is 3.09. The molecule has 0 amide bonds. The molecule has 6 heteroatoms. The van der Waals surface area contributed by atoms with Gasteiger partial charge in [-0.15, -0.1) is 0 Å². The van der Waals surface area contributed by atoms with Crippen molar-refractivity contribution in [2.24, 2.45) is 0 Å². The van der Waals surface area contributed by atoms with Gasteiger partial charge in [0, 0.05) is 38.3 Å². The van der Waals surface area contributed by atoms with Crippen LogP contribution >= 0.6 is 0 Å². The van der Waals surface area contributed by atoms with Crippen LogP contribution in [-0.2, 0) is 26.2 Å². The number of aliphatic hydroxyl groups is 4. The number of benzene rings is 4. The number of rotatable bonds is 10. The molecule has 4 aromatic rings. The summed E-state index contributed by atoms with van der Waals surface area (Å²) >= 11 is 0.